The van der Waals surface area contributed by atoms with Gasteiger partial charge in [-0.1, -0.05) is 13.3 Å². The first-order valence-electron chi connectivity index (χ1n) is 6.85. The standard InChI is InChI=1S/C13H26N2O3/c1-3-4-5-13(17)14(2)10-12(16)11-15-6-8-18-9-7-15/h12,16H,3-11H2,1-2H3. The number of morpholine rings is 1. The summed E-state index contributed by atoms with van der Waals surface area (Å²) in [6.07, 6.45) is 2.05. The highest BCUT2D eigenvalue weighted by molar-refractivity contribution is 5.75. The van der Waals surface area contributed by atoms with Gasteiger partial charge >= 0.3 is 0 Å². The molecule has 0 aliphatic carbocycles. The lowest BCUT2D eigenvalue weighted by molar-refractivity contribution is -0.131. The molecule has 5 nitrogen and oxygen atoms in total. The molecule has 1 heterocycles. The van der Waals surface area contributed by atoms with Gasteiger partial charge in [-0.25, -0.2) is 0 Å². The number of likely N-dealkylation sites (N-methyl/N-ethyl adjacent to an activating group) is 1. The fraction of sp³-hybridized carbons (Fsp3) is 0.923. The molecule has 1 fully saturated rings. The molecular weight excluding hydrogens is 232 g/mol. The van der Waals surface area contributed by atoms with Crippen LogP contribution in [0.4, 0.5) is 0 Å². The number of aliphatic hydroxyl groups excluding tert-OH is 1. The number of nitrogens with zero attached hydrogens (tertiary/aromatic N) is 2. The van der Waals surface area contributed by atoms with Gasteiger partial charge in [-0.3, -0.25) is 9.69 Å². The second-order valence-corrected chi connectivity index (χ2v) is 4.94. The number of rotatable bonds is 7. The van der Waals surface area contributed by atoms with Crippen LogP contribution in [0.2, 0.25) is 0 Å². The summed E-state index contributed by atoms with van der Waals surface area (Å²) in [5, 5.41) is 9.97. The Bertz CT molecular complexity index is 242. The molecule has 0 bridgehead atoms. The smallest absolute Gasteiger partial charge is 0.222 e. The number of ether oxygens (including phenoxy) is 1. The molecule has 0 saturated carbocycles. The van der Waals surface area contributed by atoms with Crippen molar-refractivity contribution < 1.29 is 14.6 Å². The Balaban J connectivity index is 2.21. The van der Waals surface area contributed by atoms with Crippen LogP contribution in [0, 0.1) is 0 Å². The molecule has 18 heavy (non-hydrogen) atoms. The number of aliphatic hydroxyl groups is 1. The van der Waals surface area contributed by atoms with Crippen LogP contribution in [0.25, 0.3) is 0 Å². The van der Waals surface area contributed by atoms with Crippen LogP contribution in [0.15, 0.2) is 0 Å². The van der Waals surface area contributed by atoms with Crippen LogP contribution in [-0.2, 0) is 9.53 Å². The lowest BCUT2D eigenvalue weighted by Crippen LogP contribution is -2.45. The summed E-state index contributed by atoms with van der Waals surface area (Å²) in [5.41, 5.74) is 0. The lowest BCUT2D eigenvalue weighted by Gasteiger charge is -2.30. The Labute approximate surface area is 110 Å². The van der Waals surface area contributed by atoms with Crippen LogP contribution in [0.1, 0.15) is 26.2 Å². The van der Waals surface area contributed by atoms with Gasteiger partial charge in [0.2, 0.25) is 5.91 Å². The fourth-order valence-corrected chi connectivity index (χ4v) is 2.08. The summed E-state index contributed by atoms with van der Waals surface area (Å²) < 4.78 is 5.26. The summed E-state index contributed by atoms with van der Waals surface area (Å²) in [7, 11) is 1.76. The maximum atomic E-state index is 11.7. The van der Waals surface area contributed by atoms with Crippen molar-refractivity contribution in [2.45, 2.75) is 32.3 Å². The minimum absolute atomic E-state index is 0.123. The molecule has 1 N–H and O–H groups in total. The number of unbranched alkanes of at least 4 members (excludes halogenated alkanes) is 1. The Morgan fingerprint density at radius 1 is 1.44 bits per heavy atom. The monoisotopic (exact) mass is 258 g/mol. The Morgan fingerprint density at radius 2 is 2.11 bits per heavy atom. The van der Waals surface area contributed by atoms with Crippen LogP contribution < -0.4 is 0 Å². The third kappa shape index (κ3) is 5.80. The van der Waals surface area contributed by atoms with Gasteiger partial charge in [0.25, 0.3) is 0 Å². The SMILES string of the molecule is CCCCC(=O)N(C)CC(O)CN1CCOCC1. The van der Waals surface area contributed by atoms with Gasteiger partial charge < -0.3 is 14.7 Å². The van der Waals surface area contributed by atoms with E-state index in [1.807, 2.05) is 0 Å². The van der Waals surface area contributed by atoms with Crippen molar-refractivity contribution in [1.82, 2.24) is 9.80 Å². The van der Waals surface area contributed by atoms with Gasteiger partial charge in [0, 0.05) is 39.6 Å². The zero-order valence-corrected chi connectivity index (χ0v) is 11.6. The second-order valence-electron chi connectivity index (χ2n) is 4.94. The van der Waals surface area contributed by atoms with E-state index < -0.39 is 6.10 Å². The van der Waals surface area contributed by atoms with E-state index in [0.717, 1.165) is 39.1 Å². The third-order valence-corrected chi connectivity index (χ3v) is 3.23. The zero-order valence-electron chi connectivity index (χ0n) is 11.6. The number of hydrogen-bond donors (Lipinski definition) is 1. The van der Waals surface area contributed by atoms with E-state index in [0.29, 0.717) is 19.5 Å². The molecule has 5 heteroatoms. The van der Waals surface area contributed by atoms with E-state index in [9.17, 15) is 9.90 Å². The first kappa shape index (κ1) is 15.4. The van der Waals surface area contributed by atoms with E-state index in [1.165, 1.54) is 0 Å². The predicted molar refractivity (Wildman–Crippen MR) is 70.4 cm³/mol. The van der Waals surface area contributed by atoms with Crippen molar-refractivity contribution in [1.29, 1.82) is 0 Å². The van der Waals surface area contributed by atoms with Crippen molar-refractivity contribution in [3.8, 4) is 0 Å². The number of carbonyl (C=O) groups is 1. The minimum atomic E-state index is -0.473. The molecule has 0 aromatic rings. The highest BCUT2D eigenvalue weighted by Gasteiger charge is 2.17. The first-order chi connectivity index (χ1) is 8.63. The molecular formula is C13H26N2O3. The van der Waals surface area contributed by atoms with Crippen molar-refractivity contribution in [3.05, 3.63) is 0 Å². The summed E-state index contributed by atoms with van der Waals surface area (Å²) >= 11 is 0. The van der Waals surface area contributed by atoms with E-state index in [4.69, 9.17) is 4.74 Å². The van der Waals surface area contributed by atoms with Crippen molar-refractivity contribution in [2.75, 3.05) is 46.4 Å². The van der Waals surface area contributed by atoms with Crippen LogP contribution in [0.5, 0.6) is 0 Å². The lowest BCUT2D eigenvalue weighted by atomic mass is 10.2. The van der Waals surface area contributed by atoms with E-state index in [-0.39, 0.29) is 5.91 Å². The highest BCUT2D eigenvalue weighted by Crippen LogP contribution is 2.02. The average molecular weight is 258 g/mol. The molecule has 1 rings (SSSR count). The van der Waals surface area contributed by atoms with Gasteiger partial charge in [-0.2, -0.15) is 0 Å². The normalized spacial score (nSPS) is 18.6. The van der Waals surface area contributed by atoms with Gasteiger partial charge in [0.05, 0.1) is 19.3 Å². The van der Waals surface area contributed by atoms with Gasteiger partial charge in [-0.05, 0) is 6.42 Å². The summed E-state index contributed by atoms with van der Waals surface area (Å²) in [6, 6.07) is 0. The van der Waals surface area contributed by atoms with Crippen LogP contribution in [0.3, 0.4) is 0 Å². The average Bonchev–Trinajstić information content (AvgIpc) is 2.36. The Hall–Kier alpha value is -0.650. The number of amides is 1. The fourth-order valence-electron chi connectivity index (χ4n) is 2.08. The van der Waals surface area contributed by atoms with E-state index >= 15 is 0 Å². The summed E-state index contributed by atoms with van der Waals surface area (Å²) in [4.78, 5) is 15.5. The molecule has 1 atom stereocenters. The first-order valence-corrected chi connectivity index (χ1v) is 6.85. The molecule has 1 aliphatic rings. The molecule has 1 unspecified atom stereocenters. The molecule has 0 spiro atoms. The Kier molecular flexibility index (Phi) is 7.23. The quantitative estimate of drug-likeness (QED) is 0.715. The van der Waals surface area contributed by atoms with Crippen molar-refractivity contribution in [2.24, 2.45) is 0 Å². The minimum Gasteiger partial charge on any atom is -0.390 e. The van der Waals surface area contributed by atoms with Gasteiger partial charge in [0.1, 0.15) is 0 Å². The molecule has 0 aromatic heterocycles. The van der Waals surface area contributed by atoms with Crippen molar-refractivity contribution in [3.63, 3.8) is 0 Å². The highest BCUT2D eigenvalue weighted by atomic mass is 16.5. The number of hydrogen-bond acceptors (Lipinski definition) is 4. The maximum Gasteiger partial charge on any atom is 0.222 e. The largest absolute Gasteiger partial charge is 0.390 e. The topological polar surface area (TPSA) is 53.0 Å². The van der Waals surface area contributed by atoms with Crippen molar-refractivity contribution >= 4 is 5.91 Å². The summed E-state index contributed by atoms with van der Waals surface area (Å²) in [5.74, 6) is 0.123. The van der Waals surface area contributed by atoms with E-state index in [1.54, 1.807) is 11.9 Å². The summed E-state index contributed by atoms with van der Waals surface area (Å²) in [6.45, 7) is 6.31. The van der Waals surface area contributed by atoms with Gasteiger partial charge in [-0.15, -0.1) is 0 Å². The molecule has 0 aromatic carbocycles. The molecule has 0 radical (unpaired) electrons. The Morgan fingerprint density at radius 3 is 2.72 bits per heavy atom. The second kappa shape index (κ2) is 8.45. The molecule has 1 saturated heterocycles. The predicted octanol–water partition coefficient (Wildman–Crippen LogP) is 0.328. The zero-order chi connectivity index (χ0) is 13.4. The van der Waals surface area contributed by atoms with Gasteiger partial charge in [0.15, 0.2) is 0 Å². The van der Waals surface area contributed by atoms with E-state index in [2.05, 4.69) is 11.8 Å². The van der Waals surface area contributed by atoms with Crippen LogP contribution in [-0.4, -0.2) is 73.4 Å². The molecule has 1 amide bonds. The molecule has 1 aliphatic heterocycles. The molecule has 106 valence electrons. The van der Waals surface area contributed by atoms with Crippen LogP contribution >= 0.6 is 0 Å². The maximum absolute atomic E-state index is 11.7. The number of β-amino-alcohol motifs (C(OH)–C–C–N with tert-alkyl or cyclic N) is 1. The number of carbonyl (C=O) groups excluding carboxylic acids is 1. The third-order valence-electron chi connectivity index (χ3n) is 3.23.